The van der Waals surface area contributed by atoms with Crippen LogP contribution < -0.4 is 5.32 Å². The van der Waals surface area contributed by atoms with E-state index in [9.17, 15) is 14.7 Å². The number of fused-ring (bicyclic) bond motifs is 3. The number of hydrogen-bond donors (Lipinski definition) is 2. The van der Waals surface area contributed by atoms with Gasteiger partial charge in [0.2, 0.25) is 0 Å². The Labute approximate surface area is 144 Å². The van der Waals surface area contributed by atoms with E-state index in [0.29, 0.717) is 18.4 Å². The molecule has 0 aliphatic heterocycles. The zero-order chi connectivity index (χ0) is 17.6. The summed E-state index contributed by atoms with van der Waals surface area (Å²) in [7, 11) is 0. The van der Waals surface area contributed by atoms with Gasteiger partial charge in [0, 0.05) is 22.4 Å². The summed E-state index contributed by atoms with van der Waals surface area (Å²) < 4.78 is 5.92. The summed E-state index contributed by atoms with van der Waals surface area (Å²) in [6.45, 7) is 1.86. The maximum Gasteiger partial charge on any atom is 0.308 e. The number of hydrogen-bond acceptors (Lipinski definition) is 3. The Morgan fingerprint density at radius 3 is 2.72 bits per heavy atom. The molecule has 1 fully saturated rings. The fraction of sp³-hybridized carbons (Fsp3) is 0.300. The minimum Gasteiger partial charge on any atom is -0.481 e. The second-order valence-electron chi connectivity index (χ2n) is 6.68. The van der Waals surface area contributed by atoms with Crippen molar-refractivity contribution < 1.29 is 19.1 Å². The Morgan fingerprint density at radius 2 is 1.92 bits per heavy atom. The zero-order valence-electron chi connectivity index (χ0n) is 13.9. The van der Waals surface area contributed by atoms with E-state index < -0.39 is 11.9 Å². The van der Waals surface area contributed by atoms with Crippen LogP contribution in [0.3, 0.4) is 0 Å². The summed E-state index contributed by atoms with van der Waals surface area (Å²) in [6, 6.07) is 11.5. The molecule has 1 heterocycles. The smallest absolute Gasteiger partial charge is 0.308 e. The van der Waals surface area contributed by atoms with Crippen molar-refractivity contribution in [3.8, 4) is 0 Å². The van der Waals surface area contributed by atoms with Gasteiger partial charge in [0.25, 0.3) is 5.91 Å². The first-order chi connectivity index (χ1) is 12.1. The molecular weight excluding hydrogens is 318 g/mol. The lowest BCUT2D eigenvalue weighted by molar-refractivity contribution is -0.142. The fourth-order valence-electron chi connectivity index (χ4n) is 3.83. The first-order valence-electron chi connectivity index (χ1n) is 8.51. The quantitative estimate of drug-likeness (QED) is 0.760. The predicted octanol–water partition coefficient (Wildman–Crippen LogP) is 3.88. The minimum absolute atomic E-state index is 0.266. The van der Waals surface area contributed by atoms with Gasteiger partial charge in [-0.3, -0.25) is 9.59 Å². The number of furan rings is 1. The summed E-state index contributed by atoms with van der Waals surface area (Å²) in [5, 5.41) is 15.1. The summed E-state index contributed by atoms with van der Waals surface area (Å²) >= 11 is 0. The summed E-state index contributed by atoms with van der Waals surface area (Å²) in [6.07, 6.45) is 2.10. The first-order valence-corrected chi connectivity index (χ1v) is 8.51. The minimum atomic E-state index is -0.852. The highest BCUT2D eigenvalue weighted by Crippen LogP contribution is 2.32. The third-order valence-corrected chi connectivity index (χ3v) is 5.18. The molecule has 0 spiro atoms. The molecule has 0 unspecified atom stereocenters. The molecule has 128 valence electrons. The van der Waals surface area contributed by atoms with Crippen LogP contribution in [0.2, 0.25) is 0 Å². The monoisotopic (exact) mass is 337 g/mol. The molecule has 5 nitrogen and oxygen atoms in total. The molecule has 1 aliphatic carbocycles. The number of rotatable bonds is 3. The Morgan fingerprint density at radius 1 is 1.12 bits per heavy atom. The van der Waals surface area contributed by atoms with E-state index in [1.807, 2.05) is 43.3 Å². The van der Waals surface area contributed by atoms with Crippen LogP contribution in [0.5, 0.6) is 0 Å². The number of carboxylic acid groups (broad SMARTS) is 1. The van der Waals surface area contributed by atoms with Crippen molar-refractivity contribution in [1.29, 1.82) is 0 Å². The molecule has 2 N–H and O–H groups in total. The van der Waals surface area contributed by atoms with E-state index >= 15 is 0 Å². The maximum atomic E-state index is 12.7. The second kappa shape index (κ2) is 5.92. The van der Waals surface area contributed by atoms with Crippen LogP contribution in [0.4, 0.5) is 0 Å². The molecule has 25 heavy (non-hydrogen) atoms. The number of aliphatic carboxylic acids is 1. The molecule has 2 aromatic carbocycles. The lowest BCUT2D eigenvalue weighted by Gasteiger charge is -2.16. The highest BCUT2D eigenvalue weighted by atomic mass is 16.4. The van der Waals surface area contributed by atoms with Crippen LogP contribution in [-0.4, -0.2) is 23.0 Å². The summed E-state index contributed by atoms with van der Waals surface area (Å²) in [5.74, 6) is -1.44. The van der Waals surface area contributed by atoms with Crippen molar-refractivity contribution in [3.05, 3.63) is 47.7 Å². The van der Waals surface area contributed by atoms with E-state index in [0.717, 1.165) is 28.1 Å². The van der Waals surface area contributed by atoms with Crippen molar-refractivity contribution >= 4 is 33.6 Å². The Kier molecular flexibility index (Phi) is 3.71. The number of carbonyl (C=O) groups is 2. The molecule has 5 heteroatoms. The molecule has 0 radical (unpaired) electrons. The average molecular weight is 337 g/mol. The summed E-state index contributed by atoms with van der Waals surface area (Å²) in [4.78, 5) is 24.0. The van der Waals surface area contributed by atoms with Gasteiger partial charge in [0.15, 0.2) is 5.76 Å². The molecule has 4 rings (SSSR count). The third-order valence-electron chi connectivity index (χ3n) is 5.18. The number of nitrogens with one attached hydrogen (secondary N) is 1. The molecule has 1 saturated carbocycles. The number of carbonyl (C=O) groups excluding carboxylic acids is 1. The molecule has 1 aliphatic rings. The van der Waals surface area contributed by atoms with Gasteiger partial charge in [-0.15, -0.1) is 0 Å². The molecule has 1 amide bonds. The maximum absolute atomic E-state index is 12.7. The van der Waals surface area contributed by atoms with Crippen molar-refractivity contribution in [2.45, 2.75) is 32.2 Å². The van der Waals surface area contributed by atoms with Crippen molar-refractivity contribution in [2.75, 3.05) is 0 Å². The molecule has 3 aromatic rings. The van der Waals surface area contributed by atoms with Gasteiger partial charge in [-0.25, -0.2) is 0 Å². The topological polar surface area (TPSA) is 79.5 Å². The molecule has 0 bridgehead atoms. The summed E-state index contributed by atoms with van der Waals surface area (Å²) in [5.41, 5.74) is 1.48. The Balaban J connectivity index is 1.71. The van der Waals surface area contributed by atoms with Crippen LogP contribution in [0.1, 0.15) is 35.4 Å². The fourth-order valence-corrected chi connectivity index (χ4v) is 3.83. The van der Waals surface area contributed by atoms with E-state index in [4.69, 9.17) is 4.42 Å². The molecule has 2 atom stereocenters. The van der Waals surface area contributed by atoms with Gasteiger partial charge in [0.1, 0.15) is 5.58 Å². The van der Waals surface area contributed by atoms with Crippen LogP contribution in [0.25, 0.3) is 21.7 Å². The Bertz CT molecular complexity index is 988. The standard InChI is InChI=1S/C20H19NO4/c1-11-13-10-9-12-5-2-3-6-14(12)18(13)25-17(11)19(22)21-16-8-4-7-15(16)20(23)24/h2-3,5-6,9-10,15-16H,4,7-8H2,1H3,(H,21,22)(H,23,24)/t15-,16+/m0/s1. The molecule has 1 aromatic heterocycles. The molecule has 0 saturated heterocycles. The van der Waals surface area contributed by atoms with E-state index in [1.54, 1.807) is 0 Å². The zero-order valence-corrected chi connectivity index (χ0v) is 13.9. The van der Waals surface area contributed by atoms with Crippen LogP contribution in [-0.2, 0) is 4.79 Å². The van der Waals surface area contributed by atoms with Gasteiger partial charge in [-0.2, -0.15) is 0 Å². The SMILES string of the molecule is Cc1c(C(=O)N[C@@H]2CCC[C@@H]2C(=O)O)oc2c1ccc1ccccc12. The number of amides is 1. The normalized spacial score (nSPS) is 20.2. The second-order valence-corrected chi connectivity index (χ2v) is 6.68. The van der Waals surface area contributed by atoms with Crippen LogP contribution in [0.15, 0.2) is 40.8 Å². The Hall–Kier alpha value is -2.82. The van der Waals surface area contributed by atoms with Gasteiger partial charge in [0.05, 0.1) is 5.92 Å². The molecular formula is C20H19NO4. The highest BCUT2D eigenvalue weighted by Gasteiger charge is 2.35. The van der Waals surface area contributed by atoms with Crippen molar-refractivity contribution in [3.63, 3.8) is 0 Å². The largest absolute Gasteiger partial charge is 0.481 e. The number of aryl methyl sites for hydroxylation is 1. The highest BCUT2D eigenvalue weighted by molar-refractivity contribution is 6.08. The lowest BCUT2D eigenvalue weighted by atomic mass is 10.0. The average Bonchev–Trinajstić information content (AvgIpc) is 3.19. The van der Waals surface area contributed by atoms with E-state index in [1.165, 1.54) is 0 Å². The van der Waals surface area contributed by atoms with Gasteiger partial charge >= 0.3 is 5.97 Å². The third kappa shape index (κ3) is 2.56. The van der Waals surface area contributed by atoms with Crippen LogP contribution >= 0.6 is 0 Å². The number of benzene rings is 2. The van der Waals surface area contributed by atoms with E-state index in [-0.39, 0.29) is 17.7 Å². The lowest BCUT2D eigenvalue weighted by Crippen LogP contribution is -2.40. The van der Waals surface area contributed by atoms with Gasteiger partial charge in [-0.05, 0) is 25.2 Å². The van der Waals surface area contributed by atoms with Gasteiger partial charge < -0.3 is 14.8 Å². The number of carboxylic acids is 1. The first kappa shape index (κ1) is 15.7. The van der Waals surface area contributed by atoms with Crippen molar-refractivity contribution in [2.24, 2.45) is 5.92 Å². The predicted molar refractivity (Wildman–Crippen MR) is 94.7 cm³/mol. The van der Waals surface area contributed by atoms with Gasteiger partial charge in [-0.1, -0.05) is 42.8 Å². The van der Waals surface area contributed by atoms with Crippen LogP contribution in [0, 0.1) is 12.8 Å². The van der Waals surface area contributed by atoms with E-state index in [2.05, 4.69) is 5.32 Å². The van der Waals surface area contributed by atoms with Crippen molar-refractivity contribution in [1.82, 2.24) is 5.32 Å².